The molecule has 0 spiro atoms. The topological polar surface area (TPSA) is 105 Å². The summed E-state index contributed by atoms with van der Waals surface area (Å²) in [6.07, 6.45) is -0.881. The lowest BCUT2D eigenvalue weighted by molar-refractivity contribution is -0.384. The Kier molecular flexibility index (Phi) is 5.46. The third-order valence-corrected chi connectivity index (χ3v) is 3.48. The molecule has 1 N–H and O–H groups in total. The number of amides is 1. The SMILES string of the molecule is CC(C)[C@@](C)(C#N)NC(=O)[C@H](C)Oc1cccc([N+](=O)[O-])c1. The molecule has 2 atom stereocenters. The van der Waals surface area contributed by atoms with Crippen LogP contribution in [0.1, 0.15) is 27.7 Å². The van der Waals surface area contributed by atoms with Crippen LogP contribution in [0.3, 0.4) is 0 Å². The normalized spacial score (nSPS) is 14.5. The van der Waals surface area contributed by atoms with E-state index in [2.05, 4.69) is 11.4 Å². The standard InChI is InChI=1S/C15H19N3O4/c1-10(2)15(4,9-16)17-14(19)11(3)22-13-7-5-6-12(8-13)18(20)21/h5-8,10-11H,1-4H3,(H,17,19)/t11-,15+/m0/s1. The number of rotatable bonds is 6. The van der Waals surface area contributed by atoms with Gasteiger partial charge in [-0.2, -0.15) is 5.26 Å². The number of nitriles is 1. The van der Waals surface area contributed by atoms with Crippen LogP contribution in [-0.2, 0) is 4.79 Å². The average molecular weight is 305 g/mol. The zero-order valence-electron chi connectivity index (χ0n) is 13.0. The van der Waals surface area contributed by atoms with Gasteiger partial charge in [0.15, 0.2) is 6.10 Å². The van der Waals surface area contributed by atoms with Crippen LogP contribution in [0.5, 0.6) is 5.75 Å². The van der Waals surface area contributed by atoms with Gasteiger partial charge in [-0.3, -0.25) is 14.9 Å². The van der Waals surface area contributed by atoms with E-state index in [0.717, 1.165) is 0 Å². The van der Waals surface area contributed by atoms with Crippen molar-refractivity contribution in [1.82, 2.24) is 5.32 Å². The maximum Gasteiger partial charge on any atom is 0.273 e. The molecule has 0 saturated carbocycles. The van der Waals surface area contributed by atoms with Crippen molar-refractivity contribution in [3.8, 4) is 11.8 Å². The summed E-state index contributed by atoms with van der Waals surface area (Å²) in [7, 11) is 0. The molecule has 0 fully saturated rings. The molecule has 0 heterocycles. The molecule has 0 saturated heterocycles. The van der Waals surface area contributed by atoms with E-state index in [-0.39, 0.29) is 17.4 Å². The lowest BCUT2D eigenvalue weighted by Gasteiger charge is -2.28. The van der Waals surface area contributed by atoms with Gasteiger partial charge in [0.25, 0.3) is 11.6 Å². The number of nitro groups is 1. The fourth-order valence-electron chi connectivity index (χ4n) is 1.59. The van der Waals surface area contributed by atoms with Crippen molar-refractivity contribution in [3.63, 3.8) is 0 Å². The predicted octanol–water partition coefficient (Wildman–Crippen LogP) is 2.42. The summed E-state index contributed by atoms with van der Waals surface area (Å²) in [5, 5.41) is 22.5. The number of ether oxygens (including phenoxy) is 1. The van der Waals surface area contributed by atoms with Crippen molar-refractivity contribution >= 4 is 11.6 Å². The lowest BCUT2D eigenvalue weighted by atomic mass is 9.90. The number of hydrogen-bond donors (Lipinski definition) is 1. The Morgan fingerprint density at radius 1 is 1.45 bits per heavy atom. The van der Waals surface area contributed by atoms with E-state index in [4.69, 9.17) is 4.74 Å². The van der Waals surface area contributed by atoms with Crippen LogP contribution >= 0.6 is 0 Å². The fraction of sp³-hybridized carbons (Fsp3) is 0.467. The monoisotopic (exact) mass is 305 g/mol. The summed E-state index contributed by atoms with van der Waals surface area (Å²) >= 11 is 0. The number of nitrogens with one attached hydrogen (secondary N) is 1. The fourth-order valence-corrected chi connectivity index (χ4v) is 1.59. The smallest absolute Gasteiger partial charge is 0.273 e. The third-order valence-electron chi connectivity index (χ3n) is 3.48. The van der Waals surface area contributed by atoms with Gasteiger partial charge >= 0.3 is 0 Å². The predicted molar refractivity (Wildman–Crippen MR) is 80.2 cm³/mol. The summed E-state index contributed by atoms with van der Waals surface area (Å²) in [6.45, 7) is 6.81. The van der Waals surface area contributed by atoms with E-state index < -0.39 is 22.5 Å². The number of non-ortho nitro benzene ring substituents is 1. The van der Waals surface area contributed by atoms with Crippen molar-refractivity contribution in [2.45, 2.75) is 39.3 Å². The highest BCUT2D eigenvalue weighted by Gasteiger charge is 2.32. The minimum absolute atomic E-state index is 0.0773. The Morgan fingerprint density at radius 3 is 2.59 bits per heavy atom. The highest BCUT2D eigenvalue weighted by atomic mass is 16.6. The molecule has 7 heteroatoms. The molecule has 0 radical (unpaired) electrons. The van der Waals surface area contributed by atoms with Crippen LogP contribution in [0.4, 0.5) is 5.69 Å². The van der Waals surface area contributed by atoms with E-state index in [1.807, 2.05) is 13.8 Å². The second-order valence-corrected chi connectivity index (χ2v) is 5.47. The third kappa shape index (κ3) is 4.19. The zero-order valence-corrected chi connectivity index (χ0v) is 13.0. The van der Waals surface area contributed by atoms with Crippen LogP contribution in [0, 0.1) is 27.4 Å². The number of hydrogen-bond acceptors (Lipinski definition) is 5. The van der Waals surface area contributed by atoms with Gasteiger partial charge in [-0.1, -0.05) is 19.9 Å². The van der Waals surface area contributed by atoms with Gasteiger partial charge in [0.05, 0.1) is 17.1 Å². The molecule has 1 aromatic carbocycles. The van der Waals surface area contributed by atoms with Gasteiger partial charge in [-0.25, -0.2) is 0 Å². The molecule has 0 bridgehead atoms. The van der Waals surface area contributed by atoms with Crippen molar-refractivity contribution in [1.29, 1.82) is 5.26 Å². The first-order valence-corrected chi connectivity index (χ1v) is 6.84. The highest BCUT2D eigenvalue weighted by molar-refractivity contribution is 5.81. The van der Waals surface area contributed by atoms with Crippen molar-refractivity contribution < 1.29 is 14.5 Å². The molecule has 7 nitrogen and oxygen atoms in total. The van der Waals surface area contributed by atoms with E-state index in [1.54, 1.807) is 6.92 Å². The summed E-state index contributed by atoms with van der Waals surface area (Å²) in [6, 6.07) is 7.67. The van der Waals surface area contributed by atoms with Gasteiger partial charge in [0.1, 0.15) is 11.3 Å². The van der Waals surface area contributed by atoms with E-state index in [9.17, 15) is 20.2 Å². The van der Waals surface area contributed by atoms with Gasteiger partial charge in [-0.05, 0) is 25.8 Å². The van der Waals surface area contributed by atoms with Gasteiger partial charge in [-0.15, -0.1) is 0 Å². The maximum absolute atomic E-state index is 12.1. The molecule has 0 unspecified atom stereocenters. The van der Waals surface area contributed by atoms with Crippen LogP contribution in [-0.4, -0.2) is 22.5 Å². The molecule has 1 amide bonds. The Bertz CT molecular complexity index is 609. The number of carbonyl (C=O) groups excluding carboxylic acids is 1. The van der Waals surface area contributed by atoms with Crippen LogP contribution in [0.15, 0.2) is 24.3 Å². The Hall–Kier alpha value is -2.62. The van der Waals surface area contributed by atoms with Crippen LogP contribution < -0.4 is 10.1 Å². The Balaban J connectivity index is 2.79. The molecule has 0 aromatic heterocycles. The summed E-state index contributed by atoms with van der Waals surface area (Å²) < 4.78 is 5.41. The maximum atomic E-state index is 12.1. The molecule has 1 aromatic rings. The number of carbonyl (C=O) groups is 1. The van der Waals surface area contributed by atoms with Crippen LogP contribution in [0.25, 0.3) is 0 Å². The molecule has 0 aliphatic heterocycles. The van der Waals surface area contributed by atoms with Gasteiger partial charge in [0.2, 0.25) is 0 Å². The van der Waals surface area contributed by atoms with E-state index in [1.165, 1.54) is 31.2 Å². The highest BCUT2D eigenvalue weighted by Crippen LogP contribution is 2.21. The first kappa shape index (κ1) is 17.4. The number of nitro benzene ring substituents is 1. The van der Waals surface area contributed by atoms with Gasteiger partial charge in [0, 0.05) is 6.07 Å². The average Bonchev–Trinajstić information content (AvgIpc) is 2.46. The minimum atomic E-state index is -1.00. The molecule has 0 aliphatic carbocycles. The second-order valence-electron chi connectivity index (χ2n) is 5.47. The summed E-state index contributed by atoms with van der Waals surface area (Å²) in [4.78, 5) is 22.3. The first-order valence-electron chi connectivity index (χ1n) is 6.84. The van der Waals surface area contributed by atoms with Crippen molar-refractivity contribution in [2.75, 3.05) is 0 Å². The van der Waals surface area contributed by atoms with E-state index >= 15 is 0 Å². The Labute approximate surface area is 129 Å². The molecule has 22 heavy (non-hydrogen) atoms. The van der Waals surface area contributed by atoms with Gasteiger partial charge < -0.3 is 10.1 Å². The summed E-state index contributed by atoms with van der Waals surface area (Å²) in [5.74, 6) is -0.309. The molecule has 0 aliphatic rings. The van der Waals surface area contributed by atoms with Crippen LogP contribution in [0.2, 0.25) is 0 Å². The Morgan fingerprint density at radius 2 is 2.09 bits per heavy atom. The quantitative estimate of drug-likeness (QED) is 0.641. The molecular formula is C15H19N3O4. The lowest BCUT2D eigenvalue weighted by Crippen LogP contribution is -2.52. The molecular weight excluding hydrogens is 286 g/mol. The zero-order chi connectivity index (χ0) is 16.9. The van der Waals surface area contributed by atoms with Crippen molar-refractivity contribution in [2.24, 2.45) is 5.92 Å². The number of nitrogens with zero attached hydrogens (tertiary/aromatic N) is 2. The first-order chi connectivity index (χ1) is 10.2. The molecule has 118 valence electrons. The molecule has 1 rings (SSSR count). The minimum Gasteiger partial charge on any atom is -0.481 e. The number of benzene rings is 1. The van der Waals surface area contributed by atoms with Crippen molar-refractivity contribution in [3.05, 3.63) is 34.4 Å². The summed E-state index contributed by atoms with van der Waals surface area (Å²) in [5.41, 5.74) is -1.12. The van der Waals surface area contributed by atoms with E-state index in [0.29, 0.717) is 0 Å². The largest absolute Gasteiger partial charge is 0.481 e. The second kappa shape index (κ2) is 6.89.